The van der Waals surface area contributed by atoms with E-state index in [0.29, 0.717) is 0 Å². The molecule has 1 heterocycles. The summed E-state index contributed by atoms with van der Waals surface area (Å²) >= 11 is 1.98. The third-order valence-corrected chi connectivity index (χ3v) is 3.57. The lowest BCUT2D eigenvalue weighted by Crippen LogP contribution is -2.35. The summed E-state index contributed by atoms with van der Waals surface area (Å²) < 4.78 is 5.31. The molecule has 1 saturated heterocycles. The van der Waals surface area contributed by atoms with Crippen molar-refractivity contribution in [1.82, 2.24) is 4.90 Å². The number of nitrogens with zero attached hydrogens (tertiary/aromatic N) is 1. The van der Waals surface area contributed by atoms with Crippen molar-refractivity contribution in [2.24, 2.45) is 0 Å². The summed E-state index contributed by atoms with van der Waals surface area (Å²) in [7, 11) is 0. The Balaban J connectivity index is 1.66. The Morgan fingerprint density at radius 3 is 2.60 bits per heavy atom. The third-order valence-electron chi connectivity index (χ3n) is 2.49. The lowest BCUT2D eigenvalue weighted by molar-refractivity contribution is 0.0474. The fraction of sp³-hybridized carbons (Fsp3) is 0.500. The molecule has 15 heavy (non-hydrogen) atoms. The first-order valence-corrected chi connectivity index (χ1v) is 6.52. The second-order valence-electron chi connectivity index (χ2n) is 3.69. The van der Waals surface area contributed by atoms with E-state index in [1.807, 2.05) is 11.8 Å². The van der Waals surface area contributed by atoms with Crippen molar-refractivity contribution in [2.45, 2.75) is 5.75 Å². The second kappa shape index (κ2) is 6.16. The molecule has 2 rings (SSSR count). The molecule has 1 aromatic rings. The molecule has 1 aliphatic heterocycles. The SMILES string of the molecule is c1ccc(CSCN2CCOCC2)cc1. The topological polar surface area (TPSA) is 12.5 Å². The van der Waals surface area contributed by atoms with E-state index < -0.39 is 0 Å². The van der Waals surface area contributed by atoms with Crippen LogP contribution in [0.25, 0.3) is 0 Å². The fourth-order valence-corrected chi connectivity index (χ4v) is 2.63. The summed E-state index contributed by atoms with van der Waals surface area (Å²) in [6, 6.07) is 10.6. The smallest absolute Gasteiger partial charge is 0.0594 e. The van der Waals surface area contributed by atoms with E-state index in [-0.39, 0.29) is 0 Å². The van der Waals surface area contributed by atoms with Crippen molar-refractivity contribution < 1.29 is 4.74 Å². The van der Waals surface area contributed by atoms with E-state index in [0.717, 1.165) is 37.9 Å². The van der Waals surface area contributed by atoms with Gasteiger partial charge in [0.1, 0.15) is 0 Å². The number of thioether (sulfide) groups is 1. The van der Waals surface area contributed by atoms with Gasteiger partial charge in [0, 0.05) is 24.7 Å². The van der Waals surface area contributed by atoms with Crippen molar-refractivity contribution in [1.29, 1.82) is 0 Å². The van der Waals surface area contributed by atoms with Crippen LogP contribution in [-0.4, -0.2) is 37.1 Å². The molecular weight excluding hydrogens is 206 g/mol. The predicted molar refractivity (Wildman–Crippen MR) is 65.0 cm³/mol. The van der Waals surface area contributed by atoms with Crippen LogP contribution < -0.4 is 0 Å². The summed E-state index contributed by atoms with van der Waals surface area (Å²) in [5, 5.41) is 0. The van der Waals surface area contributed by atoms with Gasteiger partial charge in [0.15, 0.2) is 0 Å². The largest absolute Gasteiger partial charge is 0.379 e. The number of hydrogen-bond donors (Lipinski definition) is 0. The first-order chi connectivity index (χ1) is 7.45. The van der Waals surface area contributed by atoms with E-state index in [2.05, 4.69) is 35.2 Å². The van der Waals surface area contributed by atoms with Crippen molar-refractivity contribution in [3.63, 3.8) is 0 Å². The van der Waals surface area contributed by atoms with Crippen LogP contribution in [0.2, 0.25) is 0 Å². The molecule has 2 nitrogen and oxygen atoms in total. The molecule has 0 radical (unpaired) electrons. The van der Waals surface area contributed by atoms with Crippen LogP contribution >= 0.6 is 11.8 Å². The quantitative estimate of drug-likeness (QED) is 0.776. The van der Waals surface area contributed by atoms with E-state index in [1.165, 1.54) is 5.56 Å². The molecule has 0 bridgehead atoms. The molecule has 0 N–H and O–H groups in total. The van der Waals surface area contributed by atoms with E-state index >= 15 is 0 Å². The van der Waals surface area contributed by atoms with Gasteiger partial charge < -0.3 is 4.74 Å². The maximum Gasteiger partial charge on any atom is 0.0594 e. The maximum absolute atomic E-state index is 5.31. The average molecular weight is 223 g/mol. The Morgan fingerprint density at radius 1 is 1.13 bits per heavy atom. The summed E-state index contributed by atoms with van der Waals surface area (Å²) in [6.45, 7) is 3.96. The van der Waals surface area contributed by atoms with Gasteiger partial charge in [-0.2, -0.15) is 0 Å². The first-order valence-electron chi connectivity index (χ1n) is 5.37. The Labute approximate surface area is 95.6 Å². The van der Waals surface area contributed by atoms with Crippen LogP contribution in [0.1, 0.15) is 5.56 Å². The molecule has 0 aliphatic carbocycles. The second-order valence-corrected chi connectivity index (χ2v) is 4.65. The van der Waals surface area contributed by atoms with Crippen molar-refractivity contribution >= 4 is 11.8 Å². The Hall–Kier alpha value is -0.510. The summed E-state index contributed by atoms with van der Waals surface area (Å²) in [4.78, 5) is 2.46. The predicted octanol–water partition coefficient (Wildman–Crippen LogP) is 2.21. The van der Waals surface area contributed by atoms with Gasteiger partial charge in [0.2, 0.25) is 0 Å². The van der Waals surface area contributed by atoms with Gasteiger partial charge in [0.25, 0.3) is 0 Å². The van der Waals surface area contributed by atoms with Gasteiger partial charge in [-0.15, -0.1) is 11.8 Å². The molecule has 0 saturated carbocycles. The standard InChI is InChI=1S/C12H17NOS/c1-2-4-12(5-3-1)10-15-11-13-6-8-14-9-7-13/h1-5H,6-11H2. The van der Waals surface area contributed by atoms with E-state index in [9.17, 15) is 0 Å². The Bertz CT molecular complexity index is 272. The van der Waals surface area contributed by atoms with Crippen LogP contribution in [0.5, 0.6) is 0 Å². The number of rotatable bonds is 4. The van der Waals surface area contributed by atoms with Crippen molar-refractivity contribution in [3.05, 3.63) is 35.9 Å². The zero-order valence-electron chi connectivity index (χ0n) is 8.89. The molecule has 82 valence electrons. The molecule has 0 aromatic heterocycles. The molecule has 3 heteroatoms. The number of benzene rings is 1. The fourth-order valence-electron chi connectivity index (χ4n) is 1.60. The van der Waals surface area contributed by atoms with Gasteiger partial charge in [-0.1, -0.05) is 30.3 Å². The van der Waals surface area contributed by atoms with Crippen molar-refractivity contribution in [2.75, 3.05) is 32.2 Å². The summed E-state index contributed by atoms with van der Waals surface area (Å²) in [6.07, 6.45) is 0. The van der Waals surface area contributed by atoms with Gasteiger partial charge in [0.05, 0.1) is 13.2 Å². The normalized spacial score (nSPS) is 17.9. The lowest BCUT2D eigenvalue weighted by atomic mass is 10.2. The Morgan fingerprint density at radius 2 is 1.87 bits per heavy atom. The molecular formula is C12H17NOS. The van der Waals surface area contributed by atoms with Gasteiger partial charge in [-0.05, 0) is 5.56 Å². The molecule has 1 aliphatic rings. The third kappa shape index (κ3) is 3.86. The zero-order valence-corrected chi connectivity index (χ0v) is 9.71. The Kier molecular flexibility index (Phi) is 4.51. The molecule has 1 aromatic carbocycles. The molecule has 1 fully saturated rings. The average Bonchev–Trinajstić information content (AvgIpc) is 2.32. The highest BCUT2D eigenvalue weighted by atomic mass is 32.2. The monoisotopic (exact) mass is 223 g/mol. The maximum atomic E-state index is 5.31. The van der Waals surface area contributed by atoms with Gasteiger partial charge in [-0.25, -0.2) is 0 Å². The molecule has 0 unspecified atom stereocenters. The van der Waals surface area contributed by atoms with Crippen LogP contribution in [0.15, 0.2) is 30.3 Å². The highest BCUT2D eigenvalue weighted by molar-refractivity contribution is 7.98. The van der Waals surface area contributed by atoms with Crippen molar-refractivity contribution in [3.8, 4) is 0 Å². The molecule has 0 spiro atoms. The first kappa shape index (κ1) is 11.0. The minimum Gasteiger partial charge on any atom is -0.379 e. The van der Waals surface area contributed by atoms with Crippen LogP contribution in [0.4, 0.5) is 0 Å². The summed E-state index contributed by atoms with van der Waals surface area (Å²) in [5.41, 5.74) is 1.41. The summed E-state index contributed by atoms with van der Waals surface area (Å²) in [5.74, 6) is 2.23. The minimum atomic E-state index is 0.895. The highest BCUT2D eigenvalue weighted by Crippen LogP contribution is 2.13. The van der Waals surface area contributed by atoms with Gasteiger partial charge in [-0.3, -0.25) is 4.90 Å². The molecule has 0 amide bonds. The van der Waals surface area contributed by atoms with E-state index in [4.69, 9.17) is 4.74 Å². The minimum absolute atomic E-state index is 0.895. The number of ether oxygens (including phenoxy) is 1. The number of hydrogen-bond acceptors (Lipinski definition) is 3. The van der Waals surface area contributed by atoms with Crippen LogP contribution in [-0.2, 0) is 10.5 Å². The lowest BCUT2D eigenvalue weighted by Gasteiger charge is -2.25. The van der Waals surface area contributed by atoms with E-state index in [1.54, 1.807) is 0 Å². The molecule has 0 atom stereocenters. The highest BCUT2D eigenvalue weighted by Gasteiger charge is 2.09. The van der Waals surface area contributed by atoms with Crippen LogP contribution in [0, 0.1) is 0 Å². The van der Waals surface area contributed by atoms with Gasteiger partial charge >= 0.3 is 0 Å². The zero-order chi connectivity index (χ0) is 10.3. The number of morpholine rings is 1. The van der Waals surface area contributed by atoms with Crippen LogP contribution in [0.3, 0.4) is 0 Å².